The first-order valence-electron chi connectivity index (χ1n) is 14.4. The molecule has 0 saturated carbocycles. The van der Waals surface area contributed by atoms with Crippen LogP contribution in [0.1, 0.15) is 62.3 Å². The molecule has 2 heterocycles. The quantitative estimate of drug-likeness (QED) is 0.236. The minimum absolute atomic E-state index is 0.707. The topological polar surface area (TPSA) is 53.1 Å². The molecule has 0 atom stereocenters. The van der Waals surface area contributed by atoms with Gasteiger partial charge in [-0.15, -0.1) is 0 Å². The van der Waals surface area contributed by atoms with Gasteiger partial charge in [0.05, 0.1) is 5.52 Å². The van der Waals surface area contributed by atoms with Gasteiger partial charge in [-0.1, -0.05) is 88.0 Å². The zero-order valence-corrected chi connectivity index (χ0v) is 24.7. The number of para-hydroxylation sites is 1. The maximum Gasteiger partial charge on any atom is 0.137 e. The molecule has 1 aliphatic heterocycles. The molecule has 1 fully saturated rings. The maximum atomic E-state index is 4.42. The summed E-state index contributed by atoms with van der Waals surface area (Å²) in [6, 6.07) is 23.1. The van der Waals surface area contributed by atoms with Crippen LogP contribution in [0.3, 0.4) is 0 Å². The summed E-state index contributed by atoms with van der Waals surface area (Å²) >= 11 is 0. The van der Waals surface area contributed by atoms with Gasteiger partial charge in [-0.2, -0.15) is 0 Å². The van der Waals surface area contributed by atoms with Gasteiger partial charge >= 0.3 is 0 Å². The molecule has 2 N–H and O–H groups in total. The van der Waals surface area contributed by atoms with E-state index in [1.165, 1.54) is 49.0 Å². The molecule has 0 spiro atoms. The highest BCUT2D eigenvalue weighted by atomic mass is 15.1. The van der Waals surface area contributed by atoms with Crippen LogP contribution in [0.5, 0.6) is 0 Å². The molecule has 1 saturated heterocycles. The van der Waals surface area contributed by atoms with Crippen LogP contribution in [-0.4, -0.2) is 35.0 Å². The van der Waals surface area contributed by atoms with E-state index >= 15 is 0 Å². The van der Waals surface area contributed by atoms with Crippen LogP contribution < -0.4 is 10.6 Å². The first kappa shape index (κ1) is 30.6. The SMILES string of the molecule is C=C(C)c1cccc2c(NCc3cccc(NC)c3)ncnc12.C=Cc1cccc(CN2CCCCC2)c1.CC. The van der Waals surface area contributed by atoms with Crippen molar-refractivity contribution >= 4 is 34.1 Å². The average molecular weight is 536 g/mol. The molecule has 1 aromatic heterocycles. The lowest BCUT2D eigenvalue weighted by Crippen LogP contribution is -2.29. The van der Waals surface area contributed by atoms with Gasteiger partial charge in [-0.05, 0) is 73.3 Å². The van der Waals surface area contributed by atoms with Crippen molar-refractivity contribution < 1.29 is 0 Å². The van der Waals surface area contributed by atoms with Crippen molar-refractivity contribution in [3.8, 4) is 0 Å². The average Bonchev–Trinajstić information content (AvgIpc) is 3.01. The van der Waals surface area contributed by atoms with E-state index in [0.717, 1.165) is 40.1 Å². The van der Waals surface area contributed by atoms with Crippen LogP contribution in [-0.2, 0) is 13.1 Å². The number of piperidine rings is 1. The van der Waals surface area contributed by atoms with Gasteiger partial charge in [0.2, 0.25) is 0 Å². The molecule has 0 radical (unpaired) electrons. The molecule has 4 aromatic rings. The molecule has 210 valence electrons. The summed E-state index contributed by atoms with van der Waals surface area (Å²) in [4.78, 5) is 11.4. The summed E-state index contributed by atoms with van der Waals surface area (Å²) < 4.78 is 0. The van der Waals surface area contributed by atoms with Crippen LogP contribution in [0.25, 0.3) is 22.6 Å². The number of hydrogen-bond acceptors (Lipinski definition) is 5. The Morgan fingerprint density at radius 2 is 1.65 bits per heavy atom. The third-order valence-corrected chi connectivity index (χ3v) is 6.84. The Labute approximate surface area is 241 Å². The smallest absolute Gasteiger partial charge is 0.137 e. The Kier molecular flexibility index (Phi) is 12.4. The number of nitrogens with one attached hydrogen (secondary N) is 2. The second kappa shape index (κ2) is 16.2. The van der Waals surface area contributed by atoms with E-state index in [4.69, 9.17) is 0 Å². The minimum atomic E-state index is 0.707. The highest BCUT2D eigenvalue weighted by Crippen LogP contribution is 2.26. The summed E-state index contributed by atoms with van der Waals surface area (Å²) in [5.41, 5.74) is 7.92. The van der Waals surface area contributed by atoms with E-state index < -0.39 is 0 Å². The lowest BCUT2D eigenvalue weighted by atomic mass is 10.0. The lowest BCUT2D eigenvalue weighted by Gasteiger charge is -2.26. The van der Waals surface area contributed by atoms with Gasteiger partial charge in [-0.3, -0.25) is 4.90 Å². The fraction of sp³-hybridized carbons (Fsp3) is 0.314. The van der Waals surface area contributed by atoms with Gasteiger partial charge in [0.25, 0.3) is 0 Å². The highest BCUT2D eigenvalue weighted by Gasteiger charge is 2.10. The number of anilines is 2. The van der Waals surface area contributed by atoms with Crippen molar-refractivity contribution in [3.63, 3.8) is 0 Å². The first-order valence-corrected chi connectivity index (χ1v) is 14.4. The third-order valence-electron chi connectivity index (χ3n) is 6.84. The third kappa shape index (κ3) is 8.78. The number of rotatable bonds is 8. The number of aromatic nitrogens is 2. The van der Waals surface area contributed by atoms with E-state index in [0.29, 0.717) is 6.54 Å². The molecule has 3 aromatic carbocycles. The van der Waals surface area contributed by atoms with Crippen molar-refractivity contribution in [2.24, 2.45) is 0 Å². The van der Waals surface area contributed by atoms with Gasteiger partial charge < -0.3 is 10.6 Å². The summed E-state index contributed by atoms with van der Waals surface area (Å²) in [6.07, 6.45) is 7.65. The Morgan fingerprint density at radius 1 is 0.925 bits per heavy atom. The predicted octanol–water partition coefficient (Wildman–Crippen LogP) is 8.66. The predicted molar refractivity (Wildman–Crippen MR) is 175 cm³/mol. The zero-order valence-electron chi connectivity index (χ0n) is 24.7. The monoisotopic (exact) mass is 535 g/mol. The lowest BCUT2D eigenvalue weighted by molar-refractivity contribution is 0.221. The Morgan fingerprint density at radius 3 is 2.38 bits per heavy atom. The normalized spacial score (nSPS) is 12.8. The fourth-order valence-electron chi connectivity index (χ4n) is 4.79. The van der Waals surface area contributed by atoms with Gasteiger partial charge in [0, 0.05) is 36.8 Å². The fourth-order valence-corrected chi connectivity index (χ4v) is 4.79. The van der Waals surface area contributed by atoms with Crippen LogP contribution in [0.2, 0.25) is 0 Å². The minimum Gasteiger partial charge on any atom is -0.388 e. The largest absolute Gasteiger partial charge is 0.388 e. The molecule has 0 aliphatic carbocycles. The van der Waals surface area contributed by atoms with E-state index in [2.05, 4.69) is 75.1 Å². The molecule has 0 unspecified atom stereocenters. The van der Waals surface area contributed by atoms with Crippen molar-refractivity contribution in [1.82, 2.24) is 14.9 Å². The second-order valence-electron chi connectivity index (χ2n) is 9.79. The zero-order chi connectivity index (χ0) is 28.7. The molecule has 5 rings (SSSR count). The molecule has 5 nitrogen and oxygen atoms in total. The molecular formula is C35H45N5. The van der Waals surface area contributed by atoms with Crippen LogP contribution in [0.15, 0.2) is 86.2 Å². The van der Waals surface area contributed by atoms with Crippen LogP contribution in [0.4, 0.5) is 11.5 Å². The number of hydrogen-bond donors (Lipinski definition) is 2. The van der Waals surface area contributed by atoms with E-state index in [-0.39, 0.29) is 0 Å². The molecule has 0 amide bonds. The maximum absolute atomic E-state index is 4.42. The highest BCUT2D eigenvalue weighted by molar-refractivity contribution is 5.96. The summed E-state index contributed by atoms with van der Waals surface area (Å²) in [5, 5.41) is 7.58. The molecule has 0 bridgehead atoms. The van der Waals surface area contributed by atoms with Crippen molar-refractivity contribution in [2.75, 3.05) is 30.8 Å². The first-order chi connectivity index (χ1) is 19.6. The van der Waals surface area contributed by atoms with Crippen LogP contribution >= 0.6 is 0 Å². The van der Waals surface area contributed by atoms with Gasteiger partial charge in [-0.25, -0.2) is 9.97 Å². The van der Waals surface area contributed by atoms with Crippen molar-refractivity contribution in [2.45, 2.75) is 53.1 Å². The van der Waals surface area contributed by atoms with Crippen molar-refractivity contribution in [3.05, 3.63) is 108 Å². The van der Waals surface area contributed by atoms with Crippen molar-refractivity contribution in [1.29, 1.82) is 0 Å². The van der Waals surface area contributed by atoms with Crippen LogP contribution in [0, 0.1) is 0 Å². The Hall–Kier alpha value is -3.96. The molecule has 40 heavy (non-hydrogen) atoms. The molecule has 1 aliphatic rings. The molecule has 5 heteroatoms. The molecular weight excluding hydrogens is 490 g/mol. The number of allylic oxidation sites excluding steroid dienone is 1. The number of nitrogens with zero attached hydrogens (tertiary/aromatic N) is 3. The number of likely N-dealkylation sites (tertiary alicyclic amines) is 1. The summed E-state index contributed by atoms with van der Waals surface area (Å²) in [7, 11) is 1.92. The summed E-state index contributed by atoms with van der Waals surface area (Å²) in [5.74, 6) is 0.841. The standard InChI is InChI=1S/C19H20N4.C14H19N.C2H6/c1-13(2)16-8-5-9-17-18(16)22-12-23-19(17)21-11-14-6-4-7-15(10-14)20-3;1-2-13-7-6-8-14(11-13)12-15-9-4-3-5-10-15;1-2/h4-10,12,20H,1,11H2,2-3H3,(H,21,22,23);2,6-8,11H,1,3-5,9-10,12H2;1-2H3. The van der Waals surface area contributed by atoms with E-state index in [9.17, 15) is 0 Å². The second-order valence-corrected chi connectivity index (χ2v) is 9.79. The van der Waals surface area contributed by atoms with Gasteiger partial charge in [0.1, 0.15) is 12.1 Å². The Balaban J connectivity index is 0.000000224. The summed E-state index contributed by atoms with van der Waals surface area (Å²) in [6.45, 7) is 18.2. The van der Waals surface area contributed by atoms with Gasteiger partial charge in [0.15, 0.2) is 0 Å². The van der Waals surface area contributed by atoms with E-state index in [1.54, 1.807) is 6.33 Å². The van der Waals surface area contributed by atoms with E-state index in [1.807, 2.05) is 64.2 Å². The number of benzene rings is 3. The Bertz CT molecular complexity index is 1370. The number of fused-ring (bicyclic) bond motifs is 1.